The largest absolute Gasteiger partial charge is 0.490 e. The maximum absolute atomic E-state index is 11.8. The Labute approximate surface area is 113 Å². The predicted molar refractivity (Wildman–Crippen MR) is 73.2 cm³/mol. The summed E-state index contributed by atoms with van der Waals surface area (Å²) in [6.07, 6.45) is 3.37. The number of carbonyl (C=O) groups excluding carboxylic acids is 1. The van der Waals surface area contributed by atoms with Gasteiger partial charge in [-0.15, -0.1) is 0 Å². The number of ether oxygens (including phenoxy) is 1. The average molecular weight is 261 g/mol. The van der Waals surface area contributed by atoms with Crippen LogP contribution in [0.15, 0.2) is 36.9 Å². The smallest absolute Gasteiger partial charge is 0.251 e. The molecule has 4 heteroatoms. The van der Waals surface area contributed by atoms with E-state index < -0.39 is 6.10 Å². The molecule has 0 spiro atoms. The van der Waals surface area contributed by atoms with Gasteiger partial charge in [0.2, 0.25) is 0 Å². The molecular weight excluding hydrogens is 242 g/mol. The van der Waals surface area contributed by atoms with Gasteiger partial charge in [0.1, 0.15) is 12.4 Å². The second kappa shape index (κ2) is 6.38. The summed E-state index contributed by atoms with van der Waals surface area (Å²) in [5, 5.41) is 12.4. The van der Waals surface area contributed by atoms with Gasteiger partial charge in [-0.25, -0.2) is 0 Å². The van der Waals surface area contributed by atoms with Crippen molar-refractivity contribution in [3.8, 4) is 5.75 Å². The summed E-state index contributed by atoms with van der Waals surface area (Å²) < 4.78 is 5.34. The Morgan fingerprint density at radius 3 is 2.74 bits per heavy atom. The molecule has 1 saturated carbocycles. The van der Waals surface area contributed by atoms with Crippen molar-refractivity contribution in [2.45, 2.75) is 18.9 Å². The topological polar surface area (TPSA) is 58.6 Å². The molecule has 1 unspecified atom stereocenters. The molecule has 0 radical (unpaired) electrons. The van der Waals surface area contributed by atoms with Gasteiger partial charge in [-0.2, -0.15) is 0 Å². The van der Waals surface area contributed by atoms with Gasteiger partial charge in [0.15, 0.2) is 0 Å². The lowest BCUT2D eigenvalue weighted by Crippen LogP contribution is -2.33. The van der Waals surface area contributed by atoms with Crippen LogP contribution in [-0.2, 0) is 0 Å². The second-order valence-corrected chi connectivity index (χ2v) is 4.74. The Balaban J connectivity index is 1.82. The maximum atomic E-state index is 11.8. The molecule has 2 rings (SSSR count). The Hall–Kier alpha value is -1.81. The summed E-state index contributed by atoms with van der Waals surface area (Å²) in [5.74, 6) is 0.902. The zero-order valence-electron chi connectivity index (χ0n) is 10.8. The maximum Gasteiger partial charge on any atom is 0.251 e. The Morgan fingerprint density at radius 2 is 2.16 bits per heavy atom. The molecule has 1 atom stereocenters. The minimum Gasteiger partial charge on any atom is -0.490 e. The molecule has 0 aliphatic heterocycles. The monoisotopic (exact) mass is 261 g/mol. The van der Waals surface area contributed by atoms with E-state index in [-0.39, 0.29) is 5.91 Å². The molecule has 1 aromatic carbocycles. The molecule has 4 nitrogen and oxygen atoms in total. The SMILES string of the molecule is C=CCOc1ccc(C(=O)NCC(O)C2CC2)cc1. The molecule has 1 aliphatic carbocycles. The van der Waals surface area contributed by atoms with Gasteiger partial charge in [0, 0.05) is 12.1 Å². The number of rotatable bonds is 7. The Kier molecular flexibility index (Phi) is 4.58. The first kappa shape index (κ1) is 13.6. The molecule has 102 valence electrons. The summed E-state index contributed by atoms with van der Waals surface area (Å²) in [7, 11) is 0. The van der Waals surface area contributed by atoms with Crippen molar-refractivity contribution in [2.75, 3.05) is 13.2 Å². The van der Waals surface area contributed by atoms with Crippen molar-refractivity contribution in [3.05, 3.63) is 42.5 Å². The van der Waals surface area contributed by atoms with Crippen LogP contribution in [0.2, 0.25) is 0 Å². The van der Waals surface area contributed by atoms with E-state index in [0.717, 1.165) is 12.8 Å². The Bertz CT molecular complexity index is 437. The van der Waals surface area contributed by atoms with Gasteiger partial charge in [0.05, 0.1) is 6.10 Å². The third-order valence-corrected chi connectivity index (χ3v) is 3.12. The quantitative estimate of drug-likeness (QED) is 0.735. The van der Waals surface area contributed by atoms with E-state index in [2.05, 4.69) is 11.9 Å². The highest BCUT2D eigenvalue weighted by molar-refractivity contribution is 5.94. The highest BCUT2D eigenvalue weighted by Gasteiger charge is 2.29. The summed E-state index contributed by atoms with van der Waals surface area (Å²) in [5.41, 5.74) is 0.564. The van der Waals surface area contributed by atoms with Crippen molar-refractivity contribution in [3.63, 3.8) is 0 Å². The van der Waals surface area contributed by atoms with Gasteiger partial charge >= 0.3 is 0 Å². The molecule has 0 aromatic heterocycles. The number of hydrogen-bond donors (Lipinski definition) is 2. The predicted octanol–water partition coefficient (Wildman–Crippen LogP) is 1.75. The van der Waals surface area contributed by atoms with E-state index in [1.807, 2.05) is 0 Å². The van der Waals surface area contributed by atoms with Crippen LogP contribution in [0.4, 0.5) is 0 Å². The average Bonchev–Trinajstić information content (AvgIpc) is 3.27. The van der Waals surface area contributed by atoms with Crippen LogP contribution in [-0.4, -0.2) is 30.3 Å². The Morgan fingerprint density at radius 1 is 1.47 bits per heavy atom. The second-order valence-electron chi connectivity index (χ2n) is 4.74. The van der Waals surface area contributed by atoms with Crippen LogP contribution < -0.4 is 10.1 Å². The van der Waals surface area contributed by atoms with Crippen molar-refractivity contribution < 1.29 is 14.6 Å². The fourth-order valence-corrected chi connectivity index (χ4v) is 1.80. The summed E-state index contributed by atoms with van der Waals surface area (Å²) in [6, 6.07) is 6.90. The number of aliphatic hydroxyl groups excluding tert-OH is 1. The molecule has 1 amide bonds. The fraction of sp³-hybridized carbons (Fsp3) is 0.400. The highest BCUT2D eigenvalue weighted by atomic mass is 16.5. The third-order valence-electron chi connectivity index (χ3n) is 3.12. The normalized spacial score (nSPS) is 15.6. The summed E-state index contributed by atoms with van der Waals surface area (Å²) in [4.78, 5) is 11.8. The molecule has 1 fully saturated rings. The van der Waals surface area contributed by atoms with Crippen molar-refractivity contribution in [1.29, 1.82) is 0 Å². The van der Waals surface area contributed by atoms with E-state index in [0.29, 0.717) is 30.4 Å². The van der Waals surface area contributed by atoms with Crippen LogP contribution in [0.1, 0.15) is 23.2 Å². The number of nitrogens with one attached hydrogen (secondary N) is 1. The summed E-state index contributed by atoms with van der Waals surface area (Å²) in [6.45, 7) is 4.33. The molecule has 0 saturated heterocycles. The van der Waals surface area contributed by atoms with Crippen LogP contribution >= 0.6 is 0 Å². The van der Waals surface area contributed by atoms with Crippen molar-refractivity contribution >= 4 is 5.91 Å². The van der Waals surface area contributed by atoms with Crippen LogP contribution in [0.5, 0.6) is 5.75 Å². The number of carbonyl (C=O) groups is 1. The van der Waals surface area contributed by atoms with Crippen molar-refractivity contribution in [2.24, 2.45) is 5.92 Å². The van der Waals surface area contributed by atoms with E-state index in [4.69, 9.17) is 4.74 Å². The zero-order chi connectivity index (χ0) is 13.7. The van der Waals surface area contributed by atoms with E-state index in [1.54, 1.807) is 30.3 Å². The van der Waals surface area contributed by atoms with E-state index in [9.17, 15) is 9.90 Å². The van der Waals surface area contributed by atoms with Gasteiger partial charge in [0.25, 0.3) is 5.91 Å². The van der Waals surface area contributed by atoms with Crippen molar-refractivity contribution in [1.82, 2.24) is 5.32 Å². The molecule has 1 aliphatic rings. The minimum atomic E-state index is -0.417. The van der Waals surface area contributed by atoms with Crippen LogP contribution in [0.25, 0.3) is 0 Å². The minimum absolute atomic E-state index is 0.171. The molecule has 2 N–H and O–H groups in total. The molecule has 0 bridgehead atoms. The number of aliphatic hydroxyl groups is 1. The first-order valence-corrected chi connectivity index (χ1v) is 6.50. The molecule has 1 aromatic rings. The zero-order valence-corrected chi connectivity index (χ0v) is 10.8. The lowest BCUT2D eigenvalue weighted by atomic mass is 10.2. The molecule has 0 heterocycles. The molecule has 19 heavy (non-hydrogen) atoms. The third kappa shape index (κ3) is 4.10. The number of benzene rings is 1. The van der Waals surface area contributed by atoms with Crippen LogP contribution in [0.3, 0.4) is 0 Å². The van der Waals surface area contributed by atoms with Gasteiger partial charge in [-0.1, -0.05) is 12.7 Å². The number of amides is 1. The standard InChI is InChI=1S/C15H19NO3/c1-2-9-19-13-7-5-12(6-8-13)15(18)16-10-14(17)11-3-4-11/h2,5-8,11,14,17H,1,3-4,9-10H2,(H,16,18). The van der Waals surface area contributed by atoms with E-state index >= 15 is 0 Å². The first-order chi connectivity index (χ1) is 9.20. The van der Waals surface area contributed by atoms with Gasteiger partial charge < -0.3 is 15.2 Å². The first-order valence-electron chi connectivity index (χ1n) is 6.50. The number of hydrogen-bond acceptors (Lipinski definition) is 3. The lowest BCUT2D eigenvalue weighted by Gasteiger charge is -2.11. The van der Waals surface area contributed by atoms with E-state index in [1.165, 1.54) is 0 Å². The van der Waals surface area contributed by atoms with Gasteiger partial charge in [-0.05, 0) is 43.0 Å². The fourth-order valence-electron chi connectivity index (χ4n) is 1.80. The highest BCUT2D eigenvalue weighted by Crippen LogP contribution is 2.32. The van der Waals surface area contributed by atoms with Crippen LogP contribution in [0, 0.1) is 5.92 Å². The lowest BCUT2D eigenvalue weighted by molar-refractivity contribution is 0.0901. The molecular formula is C15H19NO3. The summed E-state index contributed by atoms with van der Waals surface area (Å²) >= 11 is 0. The van der Waals surface area contributed by atoms with Gasteiger partial charge in [-0.3, -0.25) is 4.79 Å².